The van der Waals surface area contributed by atoms with Crippen LogP contribution in [0, 0.1) is 0 Å². The van der Waals surface area contributed by atoms with Crippen molar-refractivity contribution in [2.45, 2.75) is 18.9 Å². The summed E-state index contributed by atoms with van der Waals surface area (Å²) in [4.78, 5) is 0. The first kappa shape index (κ1) is 6.36. The van der Waals surface area contributed by atoms with E-state index in [2.05, 4.69) is 18.5 Å². The van der Waals surface area contributed by atoms with Gasteiger partial charge < -0.3 is 11.1 Å². The second-order valence-corrected chi connectivity index (χ2v) is 2.50. The smallest absolute Gasteiger partial charge is 0.0148 e. The highest BCUT2D eigenvalue weighted by molar-refractivity contribution is 5.12. The van der Waals surface area contributed by atoms with Crippen molar-refractivity contribution in [1.29, 1.82) is 0 Å². The van der Waals surface area contributed by atoms with Crippen molar-refractivity contribution in [3.8, 4) is 0 Å². The standard InChI is InChI=1S/C7H12N2/c1-5-3-7(8)4-6(2)9-5/h7,9H,1-4,8H2. The van der Waals surface area contributed by atoms with Crippen molar-refractivity contribution in [1.82, 2.24) is 5.32 Å². The highest BCUT2D eigenvalue weighted by Crippen LogP contribution is 2.13. The molecule has 0 spiro atoms. The summed E-state index contributed by atoms with van der Waals surface area (Å²) in [7, 11) is 0. The Hall–Kier alpha value is -0.760. The van der Waals surface area contributed by atoms with Gasteiger partial charge in [-0.2, -0.15) is 0 Å². The fourth-order valence-corrected chi connectivity index (χ4v) is 1.06. The largest absolute Gasteiger partial charge is 0.363 e. The predicted molar refractivity (Wildman–Crippen MR) is 38.6 cm³/mol. The number of hydrogen-bond donors (Lipinski definition) is 2. The van der Waals surface area contributed by atoms with Crippen molar-refractivity contribution < 1.29 is 0 Å². The van der Waals surface area contributed by atoms with Gasteiger partial charge in [0.2, 0.25) is 0 Å². The molecule has 1 heterocycles. The quantitative estimate of drug-likeness (QED) is 0.499. The number of hydrogen-bond acceptors (Lipinski definition) is 2. The molecule has 0 aliphatic carbocycles. The molecule has 3 N–H and O–H groups in total. The third kappa shape index (κ3) is 1.57. The molecular weight excluding hydrogens is 112 g/mol. The third-order valence-corrected chi connectivity index (χ3v) is 1.37. The summed E-state index contributed by atoms with van der Waals surface area (Å²) in [5.74, 6) is 0. The van der Waals surface area contributed by atoms with E-state index in [-0.39, 0.29) is 6.04 Å². The lowest BCUT2D eigenvalue weighted by Gasteiger charge is -2.23. The summed E-state index contributed by atoms with van der Waals surface area (Å²) in [6.45, 7) is 7.53. The van der Waals surface area contributed by atoms with E-state index < -0.39 is 0 Å². The second-order valence-electron chi connectivity index (χ2n) is 2.50. The SMILES string of the molecule is C=C1CC(N)CC(=C)N1. The minimum atomic E-state index is 0.228. The maximum absolute atomic E-state index is 5.65. The van der Waals surface area contributed by atoms with E-state index in [1.807, 2.05) is 0 Å². The van der Waals surface area contributed by atoms with Gasteiger partial charge in [0.1, 0.15) is 0 Å². The highest BCUT2D eigenvalue weighted by atomic mass is 14.9. The van der Waals surface area contributed by atoms with Crippen molar-refractivity contribution in [2.75, 3.05) is 0 Å². The molecule has 2 nitrogen and oxygen atoms in total. The number of rotatable bonds is 0. The topological polar surface area (TPSA) is 38.0 Å². The molecule has 1 saturated heterocycles. The summed E-state index contributed by atoms with van der Waals surface area (Å²) < 4.78 is 0. The van der Waals surface area contributed by atoms with Gasteiger partial charge in [0.15, 0.2) is 0 Å². The van der Waals surface area contributed by atoms with E-state index in [1.54, 1.807) is 0 Å². The Balaban J connectivity index is 2.53. The molecule has 0 aromatic carbocycles. The lowest BCUT2D eigenvalue weighted by atomic mass is 10.0. The zero-order chi connectivity index (χ0) is 6.85. The summed E-state index contributed by atoms with van der Waals surface area (Å²) >= 11 is 0. The minimum absolute atomic E-state index is 0.228. The fraction of sp³-hybridized carbons (Fsp3) is 0.429. The first-order valence-corrected chi connectivity index (χ1v) is 3.06. The zero-order valence-electron chi connectivity index (χ0n) is 5.48. The summed E-state index contributed by atoms with van der Waals surface area (Å²) in [5, 5.41) is 3.04. The van der Waals surface area contributed by atoms with E-state index in [9.17, 15) is 0 Å². The molecule has 0 atom stereocenters. The zero-order valence-corrected chi connectivity index (χ0v) is 5.48. The van der Waals surface area contributed by atoms with Crippen molar-refractivity contribution in [3.63, 3.8) is 0 Å². The van der Waals surface area contributed by atoms with Crippen LogP contribution in [0.1, 0.15) is 12.8 Å². The first-order valence-electron chi connectivity index (χ1n) is 3.06. The Bertz CT molecular complexity index is 133. The van der Waals surface area contributed by atoms with Gasteiger partial charge >= 0.3 is 0 Å². The van der Waals surface area contributed by atoms with Crippen LogP contribution in [0.2, 0.25) is 0 Å². The first-order chi connectivity index (χ1) is 4.18. The molecule has 0 aromatic rings. The summed E-state index contributed by atoms with van der Waals surface area (Å²) in [6.07, 6.45) is 1.75. The average Bonchev–Trinajstić information content (AvgIpc) is 1.59. The number of piperidine rings is 1. The average molecular weight is 124 g/mol. The van der Waals surface area contributed by atoms with E-state index >= 15 is 0 Å². The number of nitrogens with two attached hydrogens (primary N) is 1. The van der Waals surface area contributed by atoms with Gasteiger partial charge in [0.25, 0.3) is 0 Å². The van der Waals surface area contributed by atoms with Crippen LogP contribution >= 0.6 is 0 Å². The summed E-state index contributed by atoms with van der Waals surface area (Å²) in [5.41, 5.74) is 7.62. The van der Waals surface area contributed by atoms with E-state index in [0.717, 1.165) is 24.2 Å². The Kier molecular flexibility index (Phi) is 1.58. The molecule has 1 aliphatic heterocycles. The molecule has 0 saturated carbocycles. The van der Waals surface area contributed by atoms with Crippen LogP contribution < -0.4 is 11.1 Å². The Morgan fingerprint density at radius 1 is 1.33 bits per heavy atom. The predicted octanol–water partition coefficient (Wildman–Crippen LogP) is 0.725. The molecule has 1 fully saturated rings. The third-order valence-electron chi connectivity index (χ3n) is 1.37. The molecule has 0 unspecified atom stereocenters. The fourth-order valence-electron chi connectivity index (χ4n) is 1.06. The van der Waals surface area contributed by atoms with Gasteiger partial charge in [0, 0.05) is 30.3 Å². The highest BCUT2D eigenvalue weighted by Gasteiger charge is 2.12. The summed E-state index contributed by atoms with van der Waals surface area (Å²) in [6, 6.07) is 0.228. The Morgan fingerprint density at radius 3 is 2.11 bits per heavy atom. The van der Waals surface area contributed by atoms with Gasteiger partial charge in [0.05, 0.1) is 0 Å². The Morgan fingerprint density at radius 2 is 1.78 bits per heavy atom. The van der Waals surface area contributed by atoms with E-state index in [0.29, 0.717) is 0 Å². The van der Waals surface area contributed by atoms with Gasteiger partial charge in [-0.15, -0.1) is 0 Å². The number of nitrogens with one attached hydrogen (secondary N) is 1. The van der Waals surface area contributed by atoms with Crippen LogP contribution in [0.3, 0.4) is 0 Å². The van der Waals surface area contributed by atoms with Crippen molar-refractivity contribution in [3.05, 3.63) is 24.6 Å². The molecule has 2 heteroatoms. The van der Waals surface area contributed by atoms with Crippen molar-refractivity contribution in [2.24, 2.45) is 5.73 Å². The maximum Gasteiger partial charge on any atom is 0.0148 e. The normalized spacial score (nSPS) is 21.9. The maximum atomic E-state index is 5.65. The lowest BCUT2D eigenvalue weighted by Crippen LogP contribution is -2.32. The van der Waals surface area contributed by atoms with Crippen LogP contribution in [-0.4, -0.2) is 6.04 Å². The van der Waals surface area contributed by atoms with Crippen LogP contribution in [0.5, 0.6) is 0 Å². The molecule has 0 bridgehead atoms. The van der Waals surface area contributed by atoms with Crippen LogP contribution in [0.4, 0.5) is 0 Å². The molecule has 0 aromatic heterocycles. The van der Waals surface area contributed by atoms with E-state index in [1.165, 1.54) is 0 Å². The molecule has 9 heavy (non-hydrogen) atoms. The molecule has 0 amide bonds. The van der Waals surface area contributed by atoms with Crippen molar-refractivity contribution >= 4 is 0 Å². The van der Waals surface area contributed by atoms with Gasteiger partial charge in [-0.25, -0.2) is 0 Å². The molecule has 1 rings (SSSR count). The molecular formula is C7H12N2. The van der Waals surface area contributed by atoms with Gasteiger partial charge in [-0.3, -0.25) is 0 Å². The molecule has 50 valence electrons. The van der Waals surface area contributed by atoms with Crippen LogP contribution in [0.25, 0.3) is 0 Å². The van der Waals surface area contributed by atoms with Crippen LogP contribution in [0.15, 0.2) is 24.6 Å². The molecule has 0 radical (unpaired) electrons. The van der Waals surface area contributed by atoms with Crippen LogP contribution in [-0.2, 0) is 0 Å². The van der Waals surface area contributed by atoms with Gasteiger partial charge in [-0.05, 0) is 0 Å². The Labute approximate surface area is 55.4 Å². The molecule has 1 aliphatic rings. The van der Waals surface area contributed by atoms with Gasteiger partial charge in [-0.1, -0.05) is 13.2 Å². The van der Waals surface area contributed by atoms with E-state index in [4.69, 9.17) is 5.73 Å². The minimum Gasteiger partial charge on any atom is -0.363 e. The lowest BCUT2D eigenvalue weighted by molar-refractivity contribution is 0.573. The monoisotopic (exact) mass is 124 g/mol. The second kappa shape index (κ2) is 2.23.